The summed E-state index contributed by atoms with van der Waals surface area (Å²) < 4.78 is 28.8. The van der Waals surface area contributed by atoms with Gasteiger partial charge in [-0.05, 0) is 36.1 Å². The molecular formula is C26H25N3O3S. The van der Waals surface area contributed by atoms with Crippen LogP contribution in [0.1, 0.15) is 35.6 Å². The lowest BCUT2D eigenvalue weighted by atomic mass is 9.93. The molecule has 1 N–H and O–H groups in total. The SMILES string of the molecule is O=C(NC(c1ccccc1)c1ccccc1)C1CCN(C2=NS(=O)(=O)c3ccccc32)CC1. The first-order chi connectivity index (χ1) is 16.0. The maximum absolute atomic E-state index is 13.2. The highest BCUT2D eigenvalue weighted by atomic mass is 32.2. The van der Waals surface area contributed by atoms with Gasteiger partial charge >= 0.3 is 0 Å². The molecule has 0 saturated carbocycles. The number of amidine groups is 1. The zero-order chi connectivity index (χ0) is 22.8. The van der Waals surface area contributed by atoms with E-state index in [1.165, 1.54) is 0 Å². The second-order valence-corrected chi connectivity index (χ2v) is 9.98. The van der Waals surface area contributed by atoms with Gasteiger partial charge in [-0.1, -0.05) is 72.8 Å². The third kappa shape index (κ3) is 4.28. The summed E-state index contributed by atoms with van der Waals surface area (Å²) in [7, 11) is -3.64. The number of fused-ring (bicyclic) bond motifs is 1. The highest BCUT2D eigenvalue weighted by Crippen LogP contribution is 2.30. The maximum atomic E-state index is 13.2. The van der Waals surface area contributed by atoms with Gasteiger partial charge in [0.05, 0.1) is 6.04 Å². The molecule has 0 aliphatic carbocycles. The van der Waals surface area contributed by atoms with Crippen molar-refractivity contribution in [1.29, 1.82) is 0 Å². The van der Waals surface area contributed by atoms with E-state index in [-0.39, 0.29) is 22.8 Å². The van der Waals surface area contributed by atoms with Gasteiger partial charge in [0, 0.05) is 24.6 Å². The van der Waals surface area contributed by atoms with Crippen molar-refractivity contribution in [3.05, 3.63) is 102 Å². The lowest BCUT2D eigenvalue weighted by molar-refractivity contribution is -0.126. The van der Waals surface area contributed by atoms with Crippen molar-refractivity contribution < 1.29 is 13.2 Å². The number of carbonyl (C=O) groups is 1. The van der Waals surface area contributed by atoms with Crippen LogP contribution in [0.4, 0.5) is 0 Å². The molecule has 1 saturated heterocycles. The molecular weight excluding hydrogens is 434 g/mol. The van der Waals surface area contributed by atoms with Crippen LogP contribution >= 0.6 is 0 Å². The Morgan fingerprint density at radius 3 is 2.00 bits per heavy atom. The number of rotatable bonds is 4. The Bertz CT molecular complexity index is 1240. The molecule has 7 heteroatoms. The average Bonchev–Trinajstić information content (AvgIpc) is 3.14. The van der Waals surface area contributed by atoms with Gasteiger partial charge < -0.3 is 10.2 Å². The molecule has 5 rings (SSSR count). The fraction of sp³-hybridized carbons (Fsp3) is 0.231. The summed E-state index contributed by atoms with van der Waals surface area (Å²) in [6.45, 7) is 1.17. The summed E-state index contributed by atoms with van der Waals surface area (Å²) in [5, 5.41) is 3.25. The zero-order valence-corrected chi connectivity index (χ0v) is 18.9. The Labute approximate surface area is 194 Å². The van der Waals surface area contributed by atoms with Crippen LogP contribution in [0.25, 0.3) is 0 Å². The van der Waals surface area contributed by atoms with Crippen molar-refractivity contribution >= 4 is 21.8 Å². The molecule has 1 fully saturated rings. The van der Waals surface area contributed by atoms with Crippen molar-refractivity contribution in [3.8, 4) is 0 Å². The Hall–Kier alpha value is -3.45. The first-order valence-corrected chi connectivity index (χ1v) is 12.6. The van der Waals surface area contributed by atoms with E-state index < -0.39 is 10.0 Å². The van der Waals surface area contributed by atoms with Crippen LogP contribution in [0.2, 0.25) is 0 Å². The van der Waals surface area contributed by atoms with E-state index >= 15 is 0 Å². The summed E-state index contributed by atoms with van der Waals surface area (Å²) in [5.41, 5.74) is 2.72. The Balaban J connectivity index is 1.29. The third-order valence-corrected chi connectivity index (χ3v) is 7.66. The fourth-order valence-electron chi connectivity index (χ4n) is 4.58. The normalized spacial score (nSPS) is 17.5. The van der Waals surface area contributed by atoms with Gasteiger partial charge in [-0.2, -0.15) is 8.42 Å². The van der Waals surface area contributed by atoms with Gasteiger partial charge in [0.2, 0.25) is 5.91 Å². The number of nitrogens with zero attached hydrogens (tertiary/aromatic N) is 2. The van der Waals surface area contributed by atoms with Crippen LogP contribution in [0.5, 0.6) is 0 Å². The molecule has 33 heavy (non-hydrogen) atoms. The molecule has 0 aromatic heterocycles. The molecule has 0 radical (unpaired) electrons. The summed E-state index contributed by atoms with van der Waals surface area (Å²) in [4.78, 5) is 15.5. The van der Waals surface area contributed by atoms with Crippen molar-refractivity contribution in [1.82, 2.24) is 10.2 Å². The number of carbonyl (C=O) groups excluding carboxylic acids is 1. The first-order valence-electron chi connectivity index (χ1n) is 11.1. The molecule has 1 amide bonds. The van der Waals surface area contributed by atoms with Gasteiger partial charge in [-0.15, -0.1) is 4.40 Å². The number of amides is 1. The van der Waals surface area contributed by atoms with Crippen LogP contribution in [0.3, 0.4) is 0 Å². The number of likely N-dealkylation sites (tertiary alicyclic amines) is 1. The van der Waals surface area contributed by atoms with Gasteiger partial charge in [0.25, 0.3) is 10.0 Å². The minimum Gasteiger partial charge on any atom is -0.355 e. The predicted octanol–water partition coefficient (Wildman–Crippen LogP) is 3.75. The van der Waals surface area contributed by atoms with Crippen molar-refractivity contribution in [2.24, 2.45) is 10.3 Å². The quantitative estimate of drug-likeness (QED) is 0.645. The molecule has 2 aliphatic heterocycles. The van der Waals surface area contributed by atoms with E-state index in [1.807, 2.05) is 71.6 Å². The predicted molar refractivity (Wildman–Crippen MR) is 127 cm³/mol. The fourth-order valence-corrected chi connectivity index (χ4v) is 5.81. The maximum Gasteiger partial charge on any atom is 0.285 e. The first kappa shape index (κ1) is 21.4. The zero-order valence-electron chi connectivity index (χ0n) is 18.1. The summed E-state index contributed by atoms with van der Waals surface area (Å²) in [6.07, 6.45) is 1.28. The van der Waals surface area contributed by atoms with Crippen LogP contribution < -0.4 is 5.32 Å². The minimum absolute atomic E-state index is 0.0220. The van der Waals surface area contributed by atoms with Crippen LogP contribution in [0, 0.1) is 5.92 Å². The number of benzene rings is 3. The van der Waals surface area contributed by atoms with Crippen LogP contribution in [-0.2, 0) is 14.8 Å². The molecule has 0 bridgehead atoms. The van der Waals surface area contributed by atoms with E-state index in [2.05, 4.69) is 9.71 Å². The number of hydrogen-bond donors (Lipinski definition) is 1. The number of nitrogens with one attached hydrogen (secondary N) is 1. The lowest BCUT2D eigenvalue weighted by Crippen LogP contribution is -2.43. The molecule has 2 aliphatic rings. The van der Waals surface area contributed by atoms with Crippen LogP contribution in [-0.4, -0.2) is 38.2 Å². The van der Waals surface area contributed by atoms with Crippen molar-refractivity contribution in [2.45, 2.75) is 23.8 Å². The molecule has 0 unspecified atom stereocenters. The summed E-state index contributed by atoms with van der Waals surface area (Å²) in [6, 6.07) is 26.6. The highest BCUT2D eigenvalue weighted by molar-refractivity contribution is 7.90. The average molecular weight is 460 g/mol. The summed E-state index contributed by atoms with van der Waals surface area (Å²) in [5.74, 6) is 0.384. The lowest BCUT2D eigenvalue weighted by Gasteiger charge is -2.33. The van der Waals surface area contributed by atoms with Crippen LogP contribution in [0.15, 0.2) is 94.2 Å². The smallest absolute Gasteiger partial charge is 0.285 e. The second-order valence-electron chi connectivity index (χ2n) is 8.41. The van der Waals surface area contributed by atoms with E-state index in [1.54, 1.807) is 18.2 Å². The Morgan fingerprint density at radius 1 is 0.848 bits per heavy atom. The van der Waals surface area contributed by atoms with Gasteiger partial charge in [0.15, 0.2) is 5.84 Å². The van der Waals surface area contributed by atoms with E-state index in [0.717, 1.165) is 11.1 Å². The number of hydrogen-bond acceptors (Lipinski definition) is 4. The number of sulfonamides is 1. The van der Waals surface area contributed by atoms with Crippen molar-refractivity contribution in [2.75, 3.05) is 13.1 Å². The number of piperidine rings is 1. The minimum atomic E-state index is -3.64. The monoisotopic (exact) mass is 459 g/mol. The van der Waals surface area contributed by atoms with Gasteiger partial charge in [-0.25, -0.2) is 0 Å². The summed E-state index contributed by atoms with van der Waals surface area (Å²) >= 11 is 0. The van der Waals surface area contributed by atoms with E-state index in [0.29, 0.717) is 37.3 Å². The van der Waals surface area contributed by atoms with E-state index in [4.69, 9.17) is 0 Å². The topological polar surface area (TPSA) is 78.8 Å². The Kier molecular flexibility index (Phi) is 5.72. The molecule has 3 aromatic rings. The molecule has 3 aromatic carbocycles. The largest absolute Gasteiger partial charge is 0.355 e. The molecule has 0 atom stereocenters. The molecule has 6 nitrogen and oxygen atoms in total. The van der Waals surface area contributed by atoms with E-state index in [9.17, 15) is 13.2 Å². The van der Waals surface area contributed by atoms with Gasteiger partial charge in [0.1, 0.15) is 4.90 Å². The highest BCUT2D eigenvalue weighted by Gasteiger charge is 2.34. The van der Waals surface area contributed by atoms with Crippen molar-refractivity contribution in [3.63, 3.8) is 0 Å². The second kappa shape index (κ2) is 8.83. The molecule has 0 spiro atoms. The van der Waals surface area contributed by atoms with Gasteiger partial charge in [-0.3, -0.25) is 4.79 Å². The third-order valence-electron chi connectivity index (χ3n) is 6.33. The standard InChI is InChI=1S/C26H25N3O3S/c30-26(27-24(19-9-3-1-4-10-19)20-11-5-2-6-12-20)21-15-17-29(18-16-21)25-22-13-7-8-14-23(22)33(31,32)28-25/h1-14,21,24H,15-18H2,(H,27,30). The molecule has 168 valence electrons. The molecule has 2 heterocycles. The Morgan fingerprint density at radius 2 is 1.39 bits per heavy atom.